The van der Waals surface area contributed by atoms with Crippen LogP contribution in [0.2, 0.25) is 0 Å². The van der Waals surface area contributed by atoms with Crippen molar-refractivity contribution in [3.05, 3.63) is 83.1 Å². The minimum absolute atomic E-state index is 0.0336. The molecule has 0 radical (unpaired) electrons. The van der Waals surface area contributed by atoms with Crippen LogP contribution in [0.5, 0.6) is 34.5 Å². The van der Waals surface area contributed by atoms with E-state index in [2.05, 4.69) is 4.74 Å². The highest BCUT2D eigenvalue weighted by Gasteiger charge is 2.48. The summed E-state index contributed by atoms with van der Waals surface area (Å²) in [6.45, 7) is -1.33. The number of aromatic hydroxyl groups is 5. The molecule has 290 valence electrons. The minimum atomic E-state index is -1.89. The number of phenols is 4. The van der Waals surface area contributed by atoms with Crippen LogP contribution < -0.4 is 4.74 Å². The second kappa shape index (κ2) is 16.1. The quantitative estimate of drug-likeness (QED) is 0.0517. The van der Waals surface area contributed by atoms with Crippen LogP contribution >= 0.6 is 0 Å². The Morgan fingerprint density at radius 1 is 0.722 bits per heavy atom. The molecular formula is C36H39O18+. The SMILES string of the molecule is O=C(/C=C/c1ccc(O)cc1)OC[C@H]1O[C@@H](OC2=Cc3c(O[C@@H]4O[C@@H](CO)[C@@H](O)[C@H](O)[C@@H]4O)cc(O)cc3[OH+]C2c2ccc(O)c(O)c2)[C@H](O)[C@@H](O)[C@@H]1O. The molecule has 2 saturated heterocycles. The van der Waals surface area contributed by atoms with Crippen LogP contribution in [0.1, 0.15) is 22.8 Å². The number of hydrogen-bond donors (Lipinski definition) is 11. The molecule has 6 rings (SSSR count). The molecule has 3 aliphatic heterocycles. The average Bonchev–Trinajstić information content (AvgIpc) is 3.15. The van der Waals surface area contributed by atoms with Gasteiger partial charge in [-0.1, -0.05) is 12.1 Å². The van der Waals surface area contributed by atoms with Crippen molar-refractivity contribution < 1.29 is 89.4 Å². The third-order valence-corrected chi connectivity index (χ3v) is 8.95. The molecule has 18 heteroatoms. The van der Waals surface area contributed by atoms with Crippen molar-refractivity contribution in [1.29, 1.82) is 0 Å². The van der Waals surface area contributed by atoms with Crippen LogP contribution in [0, 0.1) is 0 Å². The van der Waals surface area contributed by atoms with E-state index < -0.39 is 98.2 Å². The number of carbonyl (C=O) groups is 1. The van der Waals surface area contributed by atoms with Gasteiger partial charge < -0.3 is 84.6 Å². The lowest BCUT2D eigenvalue weighted by molar-refractivity contribution is -0.296. The summed E-state index contributed by atoms with van der Waals surface area (Å²) in [4.78, 5) is 12.4. The molecule has 11 atom stereocenters. The Labute approximate surface area is 305 Å². The zero-order valence-corrected chi connectivity index (χ0v) is 28.0. The van der Waals surface area contributed by atoms with E-state index in [1.54, 1.807) is 12.1 Å². The van der Waals surface area contributed by atoms with Crippen LogP contribution in [-0.2, 0) is 23.7 Å². The molecule has 0 amide bonds. The lowest BCUT2D eigenvalue weighted by Gasteiger charge is -2.41. The molecule has 0 spiro atoms. The number of fused-ring (bicyclic) bond motifs is 1. The van der Waals surface area contributed by atoms with Gasteiger partial charge in [-0.05, 0) is 42.0 Å². The number of ether oxygens (including phenoxy) is 6. The van der Waals surface area contributed by atoms with Gasteiger partial charge in [-0.15, -0.1) is 0 Å². The maximum atomic E-state index is 12.4. The van der Waals surface area contributed by atoms with E-state index in [0.717, 1.165) is 12.1 Å². The van der Waals surface area contributed by atoms with Gasteiger partial charge in [0.2, 0.25) is 12.6 Å². The summed E-state index contributed by atoms with van der Waals surface area (Å²) in [5, 5.41) is 113. The third-order valence-electron chi connectivity index (χ3n) is 8.95. The largest absolute Gasteiger partial charge is 0.571 e. The molecule has 3 heterocycles. The van der Waals surface area contributed by atoms with Gasteiger partial charge in [0, 0.05) is 18.2 Å². The molecule has 12 N–H and O–H groups in total. The summed E-state index contributed by atoms with van der Waals surface area (Å²) >= 11 is 0. The summed E-state index contributed by atoms with van der Waals surface area (Å²) in [5.74, 6) is -2.44. The molecule has 0 saturated carbocycles. The van der Waals surface area contributed by atoms with E-state index in [1.165, 1.54) is 48.6 Å². The normalized spacial score (nSPS) is 30.9. The molecule has 0 aromatic heterocycles. The van der Waals surface area contributed by atoms with Gasteiger partial charge in [-0.2, -0.15) is 0 Å². The lowest BCUT2D eigenvalue weighted by atomic mass is 9.98. The van der Waals surface area contributed by atoms with Gasteiger partial charge in [-0.25, -0.2) is 4.79 Å². The Balaban J connectivity index is 1.28. The van der Waals surface area contributed by atoms with E-state index in [9.17, 15) is 61.0 Å². The summed E-state index contributed by atoms with van der Waals surface area (Å²) in [6.07, 6.45) is -14.3. The molecule has 2 fully saturated rings. The first-order valence-corrected chi connectivity index (χ1v) is 16.5. The molecule has 3 aliphatic rings. The van der Waals surface area contributed by atoms with Gasteiger partial charge in [0.25, 0.3) is 11.9 Å². The van der Waals surface area contributed by atoms with Crippen LogP contribution in [0.4, 0.5) is 0 Å². The topological polar surface area (TPSA) is 299 Å². The molecule has 3 aromatic rings. The Kier molecular flexibility index (Phi) is 11.5. The Bertz CT molecular complexity index is 1860. The maximum absolute atomic E-state index is 12.4. The first kappa shape index (κ1) is 38.6. The van der Waals surface area contributed by atoms with Gasteiger partial charge in [0.1, 0.15) is 78.3 Å². The lowest BCUT2D eigenvalue weighted by Crippen LogP contribution is -2.60. The number of aliphatic hydroxyl groups is 8. The molecule has 54 heavy (non-hydrogen) atoms. The van der Waals surface area contributed by atoms with Crippen molar-refractivity contribution in [2.45, 2.75) is 67.5 Å². The smallest absolute Gasteiger partial charge is 0.330 e. The fourth-order valence-corrected chi connectivity index (χ4v) is 5.96. The number of aliphatic hydroxyl groups excluding tert-OH is 7. The molecule has 3 aromatic carbocycles. The molecule has 0 bridgehead atoms. The van der Waals surface area contributed by atoms with Crippen molar-refractivity contribution in [1.82, 2.24) is 0 Å². The van der Waals surface area contributed by atoms with Crippen molar-refractivity contribution in [2.75, 3.05) is 13.2 Å². The van der Waals surface area contributed by atoms with Crippen molar-refractivity contribution >= 4 is 18.1 Å². The number of carbonyl (C=O) groups excluding carboxylic acids is 1. The van der Waals surface area contributed by atoms with Gasteiger partial charge in [-0.3, -0.25) is 0 Å². The predicted octanol–water partition coefficient (Wildman–Crippen LogP) is -0.894. The molecule has 18 nitrogen and oxygen atoms in total. The van der Waals surface area contributed by atoms with Gasteiger partial charge >= 0.3 is 5.97 Å². The average molecular weight is 760 g/mol. The summed E-state index contributed by atoms with van der Waals surface area (Å²) in [6, 6.07) is 12.0. The number of phenolic OH excluding ortho intramolecular Hbond substituents is 4. The van der Waals surface area contributed by atoms with E-state index in [4.69, 9.17) is 23.7 Å². The molecular weight excluding hydrogens is 720 g/mol. The first-order chi connectivity index (χ1) is 25.7. The summed E-state index contributed by atoms with van der Waals surface area (Å²) in [5.41, 5.74) is 0.876. The standard InChI is InChI=1S/C36H38O18/c37-13-25-28(43)30(45)32(47)35(53-25)51-23-11-18(39)10-22-19(23)12-24(34(50-22)16-4-7-20(40)21(41)9-16)52-36-33(48)31(46)29(44)26(54-36)14-49-27(42)8-3-15-1-5-17(38)6-2-15/h1-12,25-26,28-41,43-48H,13-14H2/p+1/b8-3+/t25-,26+,28+,29+,30-,31-,32-,33+,34?,35+,36+/m0/s1. The highest BCUT2D eigenvalue weighted by Crippen LogP contribution is 2.47. The Hall–Kier alpha value is -5.15. The van der Waals surface area contributed by atoms with E-state index >= 15 is 0 Å². The predicted molar refractivity (Wildman–Crippen MR) is 181 cm³/mol. The van der Waals surface area contributed by atoms with E-state index in [-0.39, 0.29) is 39.9 Å². The number of esters is 1. The fourth-order valence-electron chi connectivity index (χ4n) is 5.96. The van der Waals surface area contributed by atoms with Crippen LogP contribution in [0.3, 0.4) is 0 Å². The zero-order chi connectivity index (χ0) is 38.8. The van der Waals surface area contributed by atoms with Gasteiger partial charge in [0.05, 0.1) is 18.2 Å². The maximum Gasteiger partial charge on any atom is 0.330 e. The van der Waals surface area contributed by atoms with Crippen LogP contribution in [0.15, 0.2) is 66.4 Å². The summed E-state index contributed by atoms with van der Waals surface area (Å²) < 4.78 is 32.9. The summed E-state index contributed by atoms with van der Waals surface area (Å²) in [7, 11) is 0. The van der Waals surface area contributed by atoms with Crippen molar-refractivity contribution in [3.63, 3.8) is 0 Å². The third kappa shape index (κ3) is 8.16. The fraction of sp³-hybridized carbons (Fsp3) is 0.361. The van der Waals surface area contributed by atoms with Crippen molar-refractivity contribution in [2.24, 2.45) is 0 Å². The van der Waals surface area contributed by atoms with Crippen LogP contribution in [-0.4, -0.2) is 142 Å². The van der Waals surface area contributed by atoms with Crippen molar-refractivity contribution in [3.8, 4) is 34.5 Å². The second-order valence-electron chi connectivity index (χ2n) is 12.7. The minimum Gasteiger partial charge on any atom is -0.571 e. The van der Waals surface area contributed by atoms with E-state index in [1.807, 2.05) is 0 Å². The monoisotopic (exact) mass is 759 g/mol. The highest BCUT2D eigenvalue weighted by atomic mass is 16.7. The highest BCUT2D eigenvalue weighted by molar-refractivity contribution is 5.87. The Morgan fingerprint density at radius 2 is 1.37 bits per heavy atom. The number of rotatable bonds is 10. The van der Waals surface area contributed by atoms with Crippen LogP contribution in [0.25, 0.3) is 12.2 Å². The second-order valence-corrected chi connectivity index (χ2v) is 12.7. The van der Waals surface area contributed by atoms with Gasteiger partial charge in [0.15, 0.2) is 17.3 Å². The zero-order valence-electron chi connectivity index (χ0n) is 28.0. The number of benzene rings is 3. The molecule has 0 aliphatic carbocycles. The first-order valence-electron chi connectivity index (χ1n) is 16.5. The number of hydrogen-bond acceptors (Lipinski definition) is 17. The Morgan fingerprint density at radius 3 is 2.04 bits per heavy atom. The molecule has 1 unspecified atom stereocenters. The van der Waals surface area contributed by atoms with E-state index in [0.29, 0.717) is 5.56 Å².